The molecule has 0 aliphatic rings. The molecular weight excluding hydrogens is 338 g/mol. The van der Waals surface area contributed by atoms with Crippen LogP contribution in [0.15, 0.2) is 24.7 Å². The maximum atomic E-state index is 4.84. The second-order valence-electron chi connectivity index (χ2n) is 9.64. The molecule has 7 heteroatoms. The minimum Gasteiger partial charge on any atom is -0.348 e. The summed E-state index contributed by atoms with van der Waals surface area (Å²) < 4.78 is 2.00. The molecule has 0 amide bonds. The van der Waals surface area contributed by atoms with Crippen LogP contribution in [0.5, 0.6) is 0 Å². The molecule has 7 nitrogen and oxygen atoms in total. The fraction of sp³-hybridized carbons (Fsp3) is 0.600. The zero-order valence-electron chi connectivity index (χ0n) is 17.5. The van der Waals surface area contributed by atoms with Crippen molar-refractivity contribution in [2.24, 2.45) is 0 Å². The van der Waals surface area contributed by atoms with Gasteiger partial charge in [0.1, 0.15) is 11.6 Å². The van der Waals surface area contributed by atoms with Crippen LogP contribution in [-0.2, 0) is 29.2 Å². The molecule has 0 aliphatic carbocycles. The number of hydrogen-bond acceptors (Lipinski definition) is 4. The molecule has 2 N–H and O–H groups in total. The van der Waals surface area contributed by atoms with E-state index in [1.807, 2.05) is 17.1 Å². The first-order valence-corrected chi connectivity index (χ1v) is 9.43. The molecule has 3 rings (SSSR count). The van der Waals surface area contributed by atoms with Crippen molar-refractivity contribution in [1.82, 2.24) is 34.9 Å². The van der Waals surface area contributed by atoms with Gasteiger partial charge in [0.05, 0.1) is 12.2 Å². The van der Waals surface area contributed by atoms with Crippen molar-refractivity contribution < 1.29 is 0 Å². The number of aromatic nitrogens is 7. The summed E-state index contributed by atoms with van der Waals surface area (Å²) >= 11 is 0. The molecular formula is C20H31N7. The van der Waals surface area contributed by atoms with Crippen LogP contribution in [0.2, 0.25) is 0 Å². The number of nitrogens with one attached hydrogen (secondary N) is 2. The molecule has 3 aromatic heterocycles. The van der Waals surface area contributed by atoms with Gasteiger partial charge < -0.3 is 4.98 Å². The Morgan fingerprint density at radius 3 is 2.37 bits per heavy atom. The summed E-state index contributed by atoms with van der Waals surface area (Å²) in [6, 6.07) is 2.10. The number of aromatic amines is 2. The summed E-state index contributed by atoms with van der Waals surface area (Å²) in [4.78, 5) is 12.3. The molecule has 0 unspecified atom stereocenters. The molecule has 0 atom stereocenters. The second kappa shape index (κ2) is 6.62. The van der Waals surface area contributed by atoms with Crippen molar-refractivity contribution in [3.63, 3.8) is 0 Å². The molecule has 0 fully saturated rings. The predicted octanol–water partition coefficient (Wildman–Crippen LogP) is 3.52. The lowest BCUT2D eigenvalue weighted by Gasteiger charge is -2.23. The van der Waals surface area contributed by atoms with Crippen LogP contribution < -0.4 is 0 Å². The molecule has 0 saturated heterocycles. The van der Waals surface area contributed by atoms with Crippen LogP contribution in [-0.4, -0.2) is 34.9 Å². The van der Waals surface area contributed by atoms with Crippen molar-refractivity contribution in [3.05, 3.63) is 47.8 Å². The molecule has 3 aromatic rings. The molecule has 0 bridgehead atoms. The van der Waals surface area contributed by atoms with Gasteiger partial charge in [-0.2, -0.15) is 10.2 Å². The zero-order chi connectivity index (χ0) is 19.9. The lowest BCUT2D eigenvalue weighted by molar-refractivity contribution is 0.382. The highest BCUT2D eigenvalue weighted by Gasteiger charge is 2.29. The molecule has 0 saturated carbocycles. The Hall–Kier alpha value is -2.44. The number of hydrogen-bond donors (Lipinski definition) is 2. The third-order valence-corrected chi connectivity index (χ3v) is 4.84. The van der Waals surface area contributed by atoms with Gasteiger partial charge in [-0.1, -0.05) is 48.5 Å². The monoisotopic (exact) mass is 369 g/mol. The van der Waals surface area contributed by atoms with Crippen LogP contribution in [0.3, 0.4) is 0 Å². The molecule has 0 aromatic carbocycles. The standard InChI is InChI=1S/C20H31N7/c1-18(2,3)16-23-15(24-25-16)12-19(4,5)14-8-11-27(26-14)13-20(6,7)17-21-9-10-22-17/h8-11H,12-13H2,1-7H3,(H,21,22)(H,23,24,25). The molecule has 146 valence electrons. The van der Waals surface area contributed by atoms with Crippen molar-refractivity contribution in [2.75, 3.05) is 0 Å². The number of imidazole rings is 1. The van der Waals surface area contributed by atoms with Crippen LogP contribution in [0.4, 0.5) is 0 Å². The lowest BCUT2D eigenvalue weighted by atomic mass is 9.85. The fourth-order valence-electron chi connectivity index (χ4n) is 3.14. The highest BCUT2D eigenvalue weighted by molar-refractivity contribution is 5.16. The van der Waals surface area contributed by atoms with Gasteiger partial charge >= 0.3 is 0 Å². The SMILES string of the molecule is CC(C)(C)c1n[nH]c(CC(C)(C)c2ccn(CC(C)(C)c3ncc[nH]3)n2)n1. The minimum atomic E-state index is -0.144. The van der Waals surface area contributed by atoms with Crippen molar-refractivity contribution in [3.8, 4) is 0 Å². The van der Waals surface area contributed by atoms with Gasteiger partial charge in [-0.15, -0.1) is 0 Å². The Balaban J connectivity index is 1.73. The highest BCUT2D eigenvalue weighted by Crippen LogP contribution is 2.27. The van der Waals surface area contributed by atoms with Gasteiger partial charge in [0.25, 0.3) is 0 Å². The van der Waals surface area contributed by atoms with E-state index in [9.17, 15) is 0 Å². The first-order valence-electron chi connectivity index (χ1n) is 9.43. The smallest absolute Gasteiger partial charge is 0.155 e. The quantitative estimate of drug-likeness (QED) is 0.696. The first kappa shape index (κ1) is 19.3. The molecule has 0 spiro atoms. The van der Waals surface area contributed by atoms with E-state index < -0.39 is 0 Å². The van der Waals surface area contributed by atoms with E-state index >= 15 is 0 Å². The Labute approximate surface area is 161 Å². The maximum Gasteiger partial charge on any atom is 0.155 e. The second-order valence-corrected chi connectivity index (χ2v) is 9.64. The summed E-state index contributed by atoms with van der Waals surface area (Å²) in [6.45, 7) is 15.8. The topological polar surface area (TPSA) is 88.1 Å². The fourth-order valence-corrected chi connectivity index (χ4v) is 3.14. The van der Waals surface area contributed by atoms with Crippen LogP contribution in [0, 0.1) is 0 Å². The van der Waals surface area contributed by atoms with E-state index in [0.29, 0.717) is 0 Å². The van der Waals surface area contributed by atoms with Crippen molar-refractivity contribution >= 4 is 0 Å². The van der Waals surface area contributed by atoms with E-state index in [1.165, 1.54) is 0 Å². The number of H-pyrrole nitrogens is 2. The first-order chi connectivity index (χ1) is 12.5. The van der Waals surface area contributed by atoms with Crippen molar-refractivity contribution in [2.45, 2.75) is 77.7 Å². The summed E-state index contributed by atoms with van der Waals surface area (Å²) in [5, 5.41) is 12.3. The van der Waals surface area contributed by atoms with Gasteiger partial charge in [0.2, 0.25) is 0 Å². The Bertz CT molecular complexity index is 876. The van der Waals surface area contributed by atoms with Gasteiger partial charge in [0, 0.05) is 41.3 Å². The van der Waals surface area contributed by atoms with E-state index in [1.54, 1.807) is 6.20 Å². The molecule has 3 heterocycles. The van der Waals surface area contributed by atoms with Crippen LogP contribution >= 0.6 is 0 Å². The van der Waals surface area contributed by atoms with E-state index in [-0.39, 0.29) is 16.2 Å². The highest BCUT2D eigenvalue weighted by atomic mass is 15.3. The van der Waals surface area contributed by atoms with Gasteiger partial charge in [-0.25, -0.2) is 9.97 Å². The van der Waals surface area contributed by atoms with Crippen LogP contribution in [0.25, 0.3) is 0 Å². The summed E-state index contributed by atoms with van der Waals surface area (Å²) in [7, 11) is 0. The molecule has 0 aliphatic heterocycles. The molecule has 0 radical (unpaired) electrons. The summed E-state index contributed by atoms with van der Waals surface area (Å²) in [5.74, 6) is 2.71. The molecule has 27 heavy (non-hydrogen) atoms. The number of rotatable bonds is 6. The average molecular weight is 370 g/mol. The Kier molecular flexibility index (Phi) is 4.74. The van der Waals surface area contributed by atoms with E-state index in [0.717, 1.165) is 36.1 Å². The van der Waals surface area contributed by atoms with Gasteiger partial charge in [-0.3, -0.25) is 9.78 Å². The normalized spacial score (nSPS) is 13.3. The minimum absolute atomic E-state index is 0.0576. The summed E-state index contributed by atoms with van der Waals surface area (Å²) in [6.07, 6.45) is 6.45. The average Bonchev–Trinajstić information content (AvgIpc) is 3.27. The summed E-state index contributed by atoms with van der Waals surface area (Å²) in [5.41, 5.74) is 0.724. The van der Waals surface area contributed by atoms with Gasteiger partial charge in [0.15, 0.2) is 5.82 Å². The van der Waals surface area contributed by atoms with E-state index in [2.05, 4.69) is 79.7 Å². The zero-order valence-corrected chi connectivity index (χ0v) is 17.5. The largest absolute Gasteiger partial charge is 0.348 e. The van der Waals surface area contributed by atoms with Gasteiger partial charge in [-0.05, 0) is 6.07 Å². The van der Waals surface area contributed by atoms with Crippen LogP contribution in [0.1, 0.15) is 71.6 Å². The third-order valence-electron chi connectivity index (χ3n) is 4.84. The Morgan fingerprint density at radius 1 is 1.04 bits per heavy atom. The lowest BCUT2D eigenvalue weighted by Crippen LogP contribution is -2.27. The van der Waals surface area contributed by atoms with Crippen molar-refractivity contribution in [1.29, 1.82) is 0 Å². The maximum absolute atomic E-state index is 4.84. The number of nitrogens with zero attached hydrogens (tertiary/aromatic N) is 5. The predicted molar refractivity (Wildman–Crippen MR) is 106 cm³/mol. The third kappa shape index (κ3) is 4.28. The Morgan fingerprint density at radius 2 is 1.78 bits per heavy atom. The van der Waals surface area contributed by atoms with E-state index in [4.69, 9.17) is 5.10 Å².